The maximum absolute atomic E-state index is 13.4. The van der Waals surface area contributed by atoms with Crippen LogP contribution >= 0.6 is 0 Å². The van der Waals surface area contributed by atoms with Crippen molar-refractivity contribution in [1.29, 1.82) is 0 Å². The zero-order valence-corrected chi connectivity index (χ0v) is 10.9. The zero-order valence-electron chi connectivity index (χ0n) is 10.9. The highest BCUT2D eigenvalue weighted by molar-refractivity contribution is 5.96. The van der Waals surface area contributed by atoms with Gasteiger partial charge in [-0.15, -0.1) is 0 Å². The second-order valence-corrected chi connectivity index (χ2v) is 4.39. The molecule has 1 aromatic heterocycles. The number of aromatic nitrogens is 2. The molecule has 0 atom stereocenters. The molecule has 0 unspecified atom stereocenters. The van der Waals surface area contributed by atoms with Crippen LogP contribution in [0.3, 0.4) is 0 Å². The molecule has 0 aliphatic heterocycles. The molecular weight excluding hydrogens is 247 g/mol. The summed E-state index contributed by atoms with van der Waals surface area (Å²) in [5, 5.41) is 13.5. The van der Waals surface area contributed by atoms with Gasteiger partial charge in [-0.25, -0.2) is 9.18 Å². The van der Waals surface area contributed by atoms with Crippen LogP contribution in [0.25, 0.3) is 11.1 Å². The van der Waals surface area contributed by atoms with E-state index in [9.17, 15) is 9.18 Å². The van der Waals surface area contributed by atoms with E-state index >= 15 is 0 Å². The van der Waals surface area contributed by atoms with Crippen molar-refractivity contribution in [3.05, 3.63) is 41.5 Å². The lowest BCUT2D eigenvalue weighted by atomic mass is 10.0. The van der Waals surface area contributed by atoms with Crippen molar-refractivity contribution in [2.75, 3.05) is 0 Å². The molecular formula is C14H15FN2O2. The Morgan fingerprint density at radius 3 is 2.79 bits per heavy atom. The van der Waals surface area contributed by atoms with Gasteiger partial charge in [-0.3, -0.25) is 4.68 Å². The largest absolute Gasteiger partial charge is 0.478 e. The summed E-state index contributed by atoms with van der Waals surface area (Å²) >= 11 is 0. The standard InChI is InChI=1S/C14H15FN2O2/c1-3-6-17-8-13(9(2)16-17)12-7-10(15)4-5-11(12)14(18)19/h4-5,7-8H,3,6H2,1-2H3,(H,18,19). The highest BCUT2D eigenvalue weighted by Gasteiger charge is 2.16. The molecule has 2 aromatic rings. The van der Waals surface area contributed by atoms with Crippen molar-refractivity contribution >= 4 is 5.97 Å². The summed E-state index contributed by atoms with van der Waals surface area (Å²) < 4.78 is 15.1. The van der Waals surface area contributed by atoms with E-state index in [2.05, 4.69) is 5.10 Å². The first-order valence-corrected chi connectivity index (χ1v) is 6.10. The molecule has 0 aliphatic carbocycles. The minimum absolute atomic E-state index is 0.0838. The monoisotopic (exact) mass is 262 g/mol. The summed E-state index contributed by atoms with van der Waals surface area (Å²) in [7, 11) is 0. The molecule has 0 bridgehead atoms. The third kappa shape index (κ3) is 2.65. The maximum Gasteiger partial charge on any atom is 0.336 e. The quantitative estimate of drug-likeness (QED) is 0.921. The van der Waals surface area contributed by atoms with Crippen LogP contribution in [0.2, 0.25) is 0 Å². The number of halogens is 1. The Morgan fingerprint density at radius 1 is 1.42 bits per heavy atom. The number of hydrogen-bond donors (Lipinski definition) is 1. The van der Waals surface area contributed by atoms with Gasteiger partial charge in [-0.2, -0.15) is 5.10 Å². The molecule has 5 heteroatoms. The molecule has 0 saturated carbocycles. The van der Waals surface area contributed by atoms with Gasteiger partial charge in [-0.1, -0.05) is 6.92 Å². The van der Waals surface area contributed by atoms with Gasteiger partial charge in [0.05, 0.1) is 11.3 Å². The molecule has 0 spiro atoms. The molecule has 19 heavy (non-hydrogen) atoms. The fourth-order valence-electron chi connectivity index (χ4n) is 2.05. The molecule has 0 saturated heterocycles. The second kappa shape index (κ2) is 5.22. The van der Waals surface area contributed by atoms with Crippen molar-refractivity contribution in [2.24, 2.45) is 0 Å². The van der Waals surface area contributed by atoms with Gasteiger partial charge in [0.1, 0.15) is 5.82 Å². The van der Waals surface area contributed by atoms with Crippen LogP contribution in [-0.2, 0) is 6.54 Å². The topological polar surface area (TPSA) is 55.1 Å². The summed E-state index contributed by atoms with van der Waals surface area (Å²) in [6, 6.07) is 3.67. The number of benzene rings is 1. The van der Waals surface area contributed by atoms with Gasteiger partial charge in [-0.05, 0) is 31.5 Å². The van der Waals surface area contributed by atoms with Gasteiger partial charge in [0.25, 0.3) is 0 Å². The average Bonchev–Trinajstić information content (AvgIpc) is 2.70. The first kappa shape index (κ1) is 13.3. The number of rotatable bonds is 4. The van der Waals surface area contributed by atoms with E-state index in [0.29, 0.717) is 16.8 Å². The highest BCUT2D eigenvalue weighted by atomic mass is 19.1. The number of nitrogens with zero attached hydrogens (tertiary/aromatic N) is 2. The van der Waals surface area contributed by atoms with Gasteiger partial charge in [0.15, 0.2) is 0 Å². The van der Waals surface area contributed by atoms with E-state index in [4.69, 9.17) is 5.11 Å². The van der Waals surface area contributed by atoms with E-state index in [1.54, 1.807) is 17.8 Å². The number of carboxylic acid groups (broad SMARTS) is 1. The SMILES string of the molecule is CCCn1cc(-c2cc(F)ccc2C(=O)O)c(C)n1. The Hall–Kier alpha value is -2.17. The summed E-state index contributed by atoms with van der Waals surface area (Å²) in [6.07, 6.45) is 2.69. The third-order valence-electron chi connectivity index (χ3n) is 2.90. The fraction of sp³-hybridized carbons (Fsp3) is 0.286. The van der Waals surface area contributed by atoms with Gasteiger partial charge < -0.3 is 5.11 Å². The normalized spacial score (nSPS) is 10.7. The molecule has 0 radical (unpaired) electrons. The van der Waals surface area contributed by atoms with Crippen LogP contribution in [0.4, 0.5) is 4.39 Å². The molecule has 0 fully saturated rings. The van der Waals surface area contributed by atoms with E-state index in [0.717, 1.165) is 19.0 Å². The van der Waals surface area contributed by atoms with E-state index < -0.39 is 11.8 Å². The molecule has 0 amide bonds. The molecule has 100 valence electrons. The molecule has 1 aromatic carbocycles. The van der Waals surface area contributed by atoms with Crippen molar-refractivity contribution in [3.8, 4) is 11.1 Å². The predicted molar refractivity (Wildman–Crippen MR) is 69.6 cm³/mol. The Labute approximate surface area is 110 Å². The number of hydrogen-bond acceptors (Lipinski definition) is 2. The third-order valence-corrected chi connectivity index (χ3v) is 2.90. The van der Waals surface area contributed by atoms with E-state index in [1.807, 2.05) is 6.92 Å². The molecule has 4 nitrogen and oxygen atoms in total. The fourth-order valence-corrected chi connectivity index (χ4v) is 2.05. The predicted octanol–water partition coefficient (Wildman–Crippen LogP) is 3.11. The van der Waals surface area contributed by atoms with E-state index in [1.165, 1.54) is 12.1 Å². The molecule has 0 aliphatic rings. The van der Waals surface area contributed by atoms with Gasteiger partial charge >= 0.3 is 5.97 Å². The summed E-state index contributed by atoms with van der Waals surface area (Å²) in [6.45, 7) is 4.57. The Bertz CT molecular complexity index is 620. The zero-order chi connectivity index (χ0) is 14.0. The number of aryl methyl sites for hydroxylation is 2. The lowest BCUT2D eigenvalue weighted by Gasteiger charge is -2.04. The average molecular weight is 262 g/mol. The number of carboxylic acids is 1. The maximum atomic E-state index is 13.4. The summed E-state index contributed by atoms with van der Waals surface area (Å²) in [4.78, 5) is 11.2. The van der Waals surface area contributed by atoms with Crippen LogP contribution in [-0.4, -0.2) is 20.9 Å². The second-order valence-electron chi connectivity index (χ2n) is 4.39. The highest BCUT2D eigenvalue weighted by Crippen LogP contribution is 2.27. The Balaban J connectivity index is 2.57. The lowest BCUT2D eigenvalue weighted by molar-refractivity contribution is 0.0697. The Morgan fingerprint density at radius 2 is 2.16 bits per heavy atom. The summed E-state index contributed by atoms with van der Waals surface area (Å²) in [5.41, 5.74) is 1.81. The number of aromatic carboxylic acids is 1. The van der Waals surface area contributed by atoms with Crippen molar-refractivity contribution < 1.29 is 14.3 Å². The van der Waals surface area contributed by atoms with Crippen LogP contribution in [0.15, 0.2) is 24.4 Å². The van der Waals surface area contributed by atoms with Crippen LogP contribution in [0, 0.1) is 12.7 Å². The van der Waals surface area contributed by atoms with Crippen LogP contribution in [0.5, 0.6) is 0 Å². The first-order chi connectivity index (χ1) is 9.02. The van der Waals surface area contributed by atoms with Crippen LogP contribution < -0.4 is 0 Å². The first-order valence-electron chi connectivity index (χ1n) is 6.10. The number of carbonyl (C=O) groups is 1. The minimum Gasteiger partial charge on any atom is -0.478 e. The smallest absolute Gasteiger partial charge is 0.336 e. The molecule has 1 heterocycles. The Kier molecular flexibility index (Phi) is 3.64. The van der Waals surface area contributed by atoms with E-state index in [-0.39, 0.29) is 5.56 Å². The van der Waals surface area contributed by atoms with Crippen molar-refractivity contribution in [3.63, 3.8) is 0 Å². The molecule has 2 rings (SSSR count). The van der Waals surface area contributed by atoms with Crippen molar-refractivity contribution in [1.82, 2.24) is 9.78 Å². The summed E-state index contributed by atoms with van der Waals surface area (Å²) in [5.74, 6) is -1.53. The lowest BCUT2D eigenvalue weighted by Crippen LogP contribution is -2.00. The van der Waals surface area contributed by atoms with Crippen molar-refractivity contribution in [2.45, 2.75) is 26.8 Å². The van der Waals surface area contributed by atoms with Gasteiger partial charge in [0.2, 0.25) is 0 Å². The van der Waals surface area contributed by atoms with Crippen LogP contribution in [0.1, 0.15) is 29.4 Å². The van der Waals surface area contributed by atoms with Gasteiger partial charge in [0, 0.05) is 23.9 Å². The minimum atomic E-state index is -1.07. The molecule has 1 N–H and O–H groups in total.